The normalized spacial score (nSPS) is 9.88. The average molecular weight is 231 g/mol. The maximum absolute atomic E-state index is 8.63. The summed E-state index contributed by atoms with van der Waals surface area (Å²) in [5.74, 6) is 0.859. The van der Waals surface area contributed by atoms with Gasteiger partial charge >= 0.3 is 0 Å². The standard InChI is InChI=1S/C14H21N3/c1-2-3-4-5-6-7-10-16-14-9-8-13(11-15)12-17-14/h8-9,12H,2-7,10H2,1H3,(H,16,17). The second kappa shape index (κ2) is 8.58. The van der Waals surface area contributed by atoms with Crippen LogP contribution in [0.25, 0.3) is 0 Å². The highest BCUT2D eigenvalue weighted by Crippen LogP contribution is 2.07. The molecular weight excluding hydrogens is 210 g/mol. The van der Waals surface area contributed by atoms with E-state index in [-0.39, 0.29) is 0 Å². The second-order valence-corrected chi connectivity index (χ2v) is 4.24. The summed E-state index contributed by atoms with van der Waals surface area (Å²) in [6.45, 7) is 3.20. The Morgan fingerprint density at radius 1 is 1.18 bits per heavy atom. The highest BCUT2D eigenvalue weighted by atomic mass is 15.0. The Hall–Kier alpha value is -1.56. The van der Waals surface area contributed by atoms with Crippen molar-refractivity contribution < 1.29 is 0 Å². The van der Waals surface area contributed by atoms with Gasteiger partial charge in [-0.2, -0.15) is 5.26 Å². The summed E-state index contributed by atoms with van der Waals surface area (Å²) in [6, 6.07) is 5.70. The molecule has 0 aliphatic heterocycles. The minimum atomic E-state index is 0.607. The molecule has 0 bridgehead atoms. The molecule has 0 fully saturated rings. The van der Waals surface area contributed by atoms with Gasteiger partial charge in [0.05, 0.1) is 5.56 Å². The first-order valence-corrected chi connectivity index (χ1v) is 6.47. The molecular formula is C14H21N3. The summed E-state index contributed by atoms with van der Waals surface area (Å²) in [5.41, 5.74) is 0.607. The zero-order chi connectivity index (χ0) is 12.3. The number of nitriles is 1. The molecule has 0 radical (unpaired) electrons. The highest BCUT2D eigenvalue weighted by Gasteiger charge is 1.94. The fourth-order valence-electron chi connectivity index (χ4n) is 1.69. The summed E-state index contributed by atoms with van der Waals surface area (Å²) >= 11 is 0. The van der Waals surface area contributed by atoms with Crippen molar-refractivity contribution in [2.45, 2.75) is 45.4 Å². The zero-order valence-corrected chi connectivity index (χ0v) is 10.6. The average Bonchev–Trinajstić information content (AvgIpc) is 2.38. The highest BCUT2D eigenvalue weighted by molar-refractivity contribution is 5.38. The van der Waals surface area contributed by atoms with E-state index in [1.807, 2.05) is 6.07 Å². The lowest BCUT2D eigenvalue weighted by molar-refractivity contribution is 0.617. The monoisotopic (exact) mass is 231 g/mol. The molecule has 17 heavy (non-hydrogen) atoms. The molecule has 3 nitrogen and oxygen atoms in total. The van der Waals surface area contributed by atoms with E-state index < -0.39 is 0 Å². The van der Waals surface area contributed by atoms with Crippen LogP contribution in [0.15, 0.2) is 18.3 Å². The van der Waals surface area contributed by atoms with Gasteiger partial charge in [0.2, 0.25) is 0 Å². The largest absolute Gasteiger partial charge is 0.370 e. The van der Waals surface area contributed by atoms with Gasteiger partial charge in [-0.25, -0.2) is 4.98 Å². The lowest BCUT2D eigenvalue weighted by Gasteiger charge is -2.05. The Morgan fingerprint density at radius 3 is 2.59 bits per heavy atom. The molecule has 1 N–H and O–H groups in total. The van der Waals surface area contributed by atoms with Crippen LogP contribution in [0.1, 0.15) is 51.0 Å². The topological polar surface area (TPSA) is 48.7 Å². The number of hydrogen-bond donors (Lipinski definition) is 1. The van der Waals surface area contributed by atoms with Crippen molar-refractivity contribution >= 4 is 5.82 Å². The molecule has 0 aliphatic rings. The molecule has 0 atom stereocenters. The molecule has 1 aromatic rings. The predicted octanol–water partition coefficient (Wildman–Crippen LogP) is 3.73. The number of unbranched alkanes of at least 4 members (excludes halogenated alkanes) is 5. The van der Waals surface area contributed by atoms with E-state index in [0.29, 0.717) is 5.56 Å². The van der Waals surface area contributed by atoms with Crippen molar-refractivity contribution in [2.75, 3.05) is 11.9 Å². The molecule has 0 saturated carbocycles. The van der Waals surface area contributed by atoms with Crippen LogP contribution in [0.4, 0.5) is 5.82 Å². The summed E-state index contributed by atoms with van der Waals surface area (Å²) in [7, 11) is 0. The van der Waals surface area contributed by atoms with E-state index in [2.05, 4.69) is 23.3 Å². The van der Waals surface area contributed by atoms with Gasteiger partial charge < -0.3 is 5.32 Å². The Morgan fingerprint density at radius 2 is 1.94 bits per heavy atom. The molecule has 1 aromatic heterocycles. The molecule has 0 unspecified atom stereocenters. The maximum Gasteiger partial charge on any atom is 0.125 e. The van der Waals surface area contributed by atoms with Gasteiger partial charge in [-0.15, -0.1) is 0 Å². The fraction of sp³-hybridized carbons (Fsp3) is 0.571. The number of aromatic nitrogens is 1. The lowest BCUT2D eigenvalue weighted by Crippen LogP contribution is -2.03. The van der Waals surface area contributed by atoms with Crippen molar-refractivity contribution in [3.63, 3.8) is 0 Å². The second-order valence-electron chi connectivity index (χ2n) is 4.24. The van der Waals surface area contributed by atoms with E-state index in [4.69, 9.17) is 5.26 Å². The van der Waals surface area contributed by atoms with Crippen LogP contribution in [0.3, 0.4) is 0 Å². The van der Waals surface area contributed by atoms with E-state index >= 15 is 0 Å². The van der Waals surface area contributed by atoms with E-state index in [9.17, 15) is 0 Å². The molecule has 0 aromatic carbocycles. The Balaban J connectivity index is 2.08. The van der Waals surface area contributed by atoms with Crippen molar-refractivity contribution in [1.82, 2.24) is 4.98 Å². The smallest absolute Gasteiger partial charge is 0.125 e. The van der Waals surface area contributed by atoms with E-state index in [1.165, 1.54) is 38.5 Å². The van der Waals surface area contributed by atoms with Gasteiger partial charge in [0, 0.05) is 12.7 Å². The quantitative estimate of drug-likeness (QED) is 0.693. The predicted molar refractivity (Wildman–Crippen MR) is 70.8 cm³/mol. The van der Waals surface area contributed by atoms with Gasteiger partial charge in [-0.1, -0.05) is 39.0 Å². The van der Waals surface area contributed by atoms with Crippen LogP contribution in [0, 0.1) is 11.3 Å². The van der Waals surface area contributed by atoms with Crippen molar-refractivity contribution in [1.29, 1.82) is 5.26 Å². The van der Waals surface area contributed by atoms with Crippen LogP contribution in [0.2, 0.25) is 0 Å². The van der Waals surface area contributed by atoms with Crippen LogP contribution in [-0.4, -0.2) is 11.5 Å². The molecule has 3 heteroatoms. The van der Waals surface area contributed by atoms with Gasteiger partial charge in [-0.05, 0) is 18.6 Å². The Kier molecular flexibility index (Phi) is 6.81. The van der Waals surface area contributed by atoms with E-state index in [0.717, 1.165) is 12.4 Å². The van der Waals surface area contributed by atoms with Gasteiger partial charge in [0.15, 0.2) is 0 Å². The SMILES string of the molecule is CCCCCCCCNc1ccc(C#N)cn1. The third kappa shape index (κ3) is 5.91. The molecule has 1 heterocycles. The third-order valence-electron chi connectivity index (χ3n) is 2.73. The lowest BCUT2D eigenvalue weighted by atomic mass is 10.1. The molecule has 1 rings (SSSR count). The minimum Gasteiger partial charge on any atom is -0.370 e. The minimum absolute atomic E-state index is 0.607. The number of pyridine rings is 1. The maximum atomic E-state index is 8.63. The number of rotatable bonds is 8. The molecule has 92 valence electrons. The zero-order valence-electron chi connectivity index (χ0n) is 10.6. The molecule has 0 amide bonds. The van der Waals surface area contributed by atoms with Crippen molar-refractivity contribution in [2.24, 2.45) is 0 Å². The van der Waals surface area contributed by atoms with Gasteiger partial charge in [0.25, 0.3) is 0 Å². The Bertz CT molecular complexity index is 337. The number of nitrogens with zero attached hydrogens (tertiary/aromatic N) is 2. The molecule has 0 saturated heterocycles. The van der Waals surface area contributed by atoms with Crippen LogP contribution in [0.5, 0.6) is 0 Å². The first-order chi connectivity index (χ1) is 8.36. The number of nitrogens with one attached hydrogen (secondary N) is 1. The first-order valence-electron chi connectivity index (χ1n) is 6.47. The van der Waals surface area contributed by atoms with E-state index in [1.54, 1.807) is 12.3 Å². The summed E-state index contributed by atoms with van der Waals surface area (Å²) in [5, 5.41) is 11.9. The van der Waals surface area contributed by atoms with Crippen LogP contribution < -0.4 is 5.32 Å². The molecule has 0 spiro atoms. The summed E-state index contributed by atoms with van der Waals surface area (Å²) < 4.78 is 0. The fourth-order valence-corrected chi connectivity index (χ4v) is 1.69. The third-order valence-corrected chi connectivity index (χ3v) is 2.73. The van der Waals surface area contributed by atoms with Crippen molar-refractivity contribution in [3.05, 3.63) is 23.9 Å². The van der Waals surface area contributed by atoms with Crippen LogP contribution >= 0.6 is 0 Å². The molecule has 0 aliphatic carbocycles. The number of anilines is 1. The number of hydrogen-bond acceptors (Lipinski definition) is 3. The Labute approximate surface area is 104 Å². The van der Waals surface area contributed by atoms with Crippen LogP contribution in [-0.2, 0) is 0 Å². The van der Waals surface area contributed by atoms with Gasteiger partial charge in [-0.3, -0.25) is 0 Å². The summed E-state index contributed by atoms with van der Waals surface area (Å²) in [6.07, 6.45) is 9.40. The van der Waals surface area contributed by atoms with Gasteiger partial charge in [0.1, 0.15) is 11.9 Å². The first kappa shape index (κ1) is 13.5. The summed E-state index contributed by atoms with van der Waals surface area (Å²) in [4.78, 5) is 4.16. The van der Waals surface area contributed by atoms with Crippen molar-refractivity contribution in [3.8, 4) is 6.07 Å².